The summed E-state index contributed by atoms with van der Waals surface area (Å²) in [6.07, 6.45) is 3.12. The van der Waals surface area contributed by atoms with Crippen molar-refractivity contribution in [3.63, 3.8) is 0 Å². The van der Waals surface area contributed by atoms with Crippen molar-refractivity contribution in [3.8, 4) is 6.07 Å². The molecule has 5 nitrogen and oxygen atoms in total. The minimum atomic E-state index is -0.421. The number of anilines is 1. The second kappa shape index (κ2) is 7.85. The molecule has 0 atom stereocenters. The number of rotatable bonds is 6. The Kier molecular flexibility index (Phi) is 5.59. The summed E-state index contributed by atoms with van der Waals surface area (Å²) >= 11 is 0. The minimum Gasteiger partial charge on any atom is -0.467 e. The maximum Gasteiger partial charge on any atom is 0.263 e. The van der Waals surface area contributed by atoms with E-state index in [0.29, 0.717) is 12.3 Å². The van der Waals surface area contributed by atoms with E-state index in [1.165, 1.54) is 0 Å². The Labute approximate surface area is 135 Å². The number of aryl methyl sites for hydroxylation is 1. The first-order valence-corrected chi connectivity index (χ1v) is 7.40. The average molecular weight is 309 g/mol. The summed E-state index contributed by atoms with van der Waals surface area (Å²) in [5, 5.41) is 11.9. The fourth-order valence-electron chi connectivity index (χ4n) is 2.12. The first-order chi connectivity index (χ1) is 11.1. The van der Waals surface area contributed by atoms with Gasteiger partial charge in [-0.25, -0.2) is 0 Å². The fraction of sp³-hybridized carbons (Fsp3) is 0.222. The van der Waals surface area contributed by atoms with Gasteiger partial charge in [-0.05, 0) is 43.7 Å². The van der Waals surface area contributed by atoms with Gasteiger partial charge in [0.05, 0.1) is 12.8 Å². The zero-order chi connectivity index (χ0) is 16.7. The Morgan fingerprint density at radius 1 is 1.39 bits per heavy atom. The van der Waals surface area contributed by atoms with Crippen molar-refractivity contribution in [1.82, 2.24) is 5.32 Å². The lowest BCUT2D eigenvalue weighted by atomic mass is 10.2. The Balaban J connectivity index is 2.12. The van der Waals surface area contributed by atoms with Crippen molar-refractivity contribution in [1.29, 1.82) is 5.26 Å². The normalized spacial score (nSPS) is 10.9. The number of nitrogens with one attached hydrogen (secondary N) is 1. The molecule has 0 aliphatic rings. The number of nitriles is 1. The molecular weight excluding hydrogens is 290 g/mol. The maximum atomic E-state index is 12.1. The third kappa shape index (κ3) is 4.48. The van der Waals surface area contributed by atoms with E-state index in [1.54, 1.807) is 24.6 Å². The van der Waals surface area contributed by atoms with Gasteiger partial charge in [-0.15, -0.1) is 0 Å². The molecule has 0 unspecified atom stereocenters. The summed E-state index contributed by atoms with van der Waals surface area (Å²) in [7, 11) is 0. The molecule has 23 heavy (non-hydrogen) atoms. The van der Waals surface area contributed by atoms with E-state index in [1.807, 2.05) is 49.1 Å². The smallest absolute Gasteiger partial charge is 0.263 e. The number of nitrogens with zero attached hydrogens (tertiary/aromatic N) is 2. The first-order valence-electron chi connectivity index (χ1n) is 7.40. The highest BCUT2D eigenvalue weighted by atomic mass is 16.3. The van der Waals surface area contributed by atoms with Crippen LogP contribution in [0.1, 0.15) is 18.2 Å². The molecule has 5 heteroatoms. The van der Waals surface area contributed by atoms with Crippen LogP contribution in [0.25, 0.3) is 0 Å². The van der Waals surface area contributed by atoms with Gasteiger partial charge in [0.15, 0.2) is 0 Å². The predicted molar refractivity (Wildman–Crippen MR) is 88.4 cm³/mol. The van der Waals surface area contributed by atoms with Crippen molar-refractivity contribution in [2.75, 3.05) is 11.4 Å². The number of carbonyl (C=O) groups excluding carboxylic acids is 1. The van der Waals surface area contributed by atoms with E-state index >= 15 is 0 Å². The quantitative estimate of drug-likeness (QED) is 0.657. The molecule has 1 N–H and O–H groups in total. The van der Waals surface area contributed by atoms with E-state index < -0.39 is 5.91 Å². The van der Waals surface area contributed by atoms with E-state index in [2.05, 4.69) is 5.32 Å². The van der Waals surface area contributed by atoms with Crippen LogP contribution in [0, 0.1) is 18.3 Å². The SMILES string of the molecule is CCN(/C=C(/C#N)C(=O)NCc1ccco1)c1cccc(C)c1. The van der Waals surface area contributed by atoms with Gasteiger partial charge in [-0.2, -0.15) is 5.26 Å². The third-order valence-corrected chi connectivity index (χ3v) is 3.33. The van der Waals surface area contributed by atoms with Crippen LogP contribution in [-0.4, -0.2) is 12.5 Å². The zero-order valence-electron chi connectivity index (χ0n) is 13.2. The first kappa shape index (κ1) is 16.4. The lowest BCUT2D eigenvalue weighted by molar-refractivity contribution is -0.117. The number of carbonyl (C=O) groups is 1. The van der Waals surface area contributed by atoms with Crippen molar-refractivity contribution < 1.29 is 9.21 Å². The van der Waals surface area contributed by atoms with Crippen LogP contribution in [0.2, 0.25) is 0 Å². The fourth-order valence-corrected chi connectivity index (χ4v) is 2.12. The molecule has 0 saturated heterocycles. The molecule has 2 rings (SSSR count). The number of hydrogen-bond acceptors (Lipinski definition) is 4. The number of amides is 1. The minimum absolute atomic E-state index is 0.0555. The molecule has 118 valence electrons. The monoisotopic (exact) mass is 309 g/mol. The highest BCUT2D eigenvalue weighted by molar-refractivity contribution is 5.97. The van der Waals surface area contributed by atoms with Crippen LogP contribution in [0.3, 0.4) is 0 Å². The van der Waals surface area contributed by atoms with E-state index in [9.17, 15) is 10.1 Å². The van der Waals surface area contributed by atoms with E-state index in [0.717, 1.165) is 11.3 Å². The Morgan fingerprint density at radius 2 is 2.22 bits per heavy atom. The summed E-state index contributed by atoms with van der Waals surface area (Å²) in [6.45, 7) is 4.87. The molecule has 0 radical (unpaired) electrons. The molecule has 2 aromatic rings. The number of furan rings is 1. The van der Waals surface area contributed by atoms with Crippen LogP contribution in [0.4, 0.5) is 5.69 Å². The lowest BCUT2D eigenvalue weighted by Gasteiger charge is -2.19. The molecule has 0 spiro atoms. The van der Waals surface area contributed by atoms with Gasteiger partial charge >= 0.3 is 0 Å². The van der Waals surface area contributed by atoms with Gasteiger partial charge in [0.25, 0.3) is 5.91 Å². The van der Waals surface area contributed by atoms with E-state index in [-0.39, 0.29) is 12.1 Å². The highest BCUT2D eigenvalue weighted by Gasteiger charge is 2.12. The summed E-state index contributed by atoms with van der Waals surface area (Å²) in [4.78, 5) is 14.0. The topological polar surface area (TPSA) is 69.3 Å². The molecule has 0 bridgehead atoms. The molecule has 0 saturated carbocycles. The second-order valence-corrected chi connectivity index (χ2v) is 5.04. The molecule has 1 amide bonds. The van der Waals surface area contributed by atoms with Gasteiger partial charge in [-0.3, -0.25) is 4.79 Å². The van der Waals surface area contributed by atoms with Gasteiger partial charge in [0.1, 0.15) is 17.4 Å². The molecule has 1 heterocycles. The standard InChI is InChI=1S/C18H19N3O2/c1-3-21(16-7-4-6-14(2)10-16)13-15(11-19)18(22)20-12-17-8-5-9-23-17/h4-10,13H,3,12H2,1-2H3,(H,20,22)/b15-13-. The Bertz CT molecular complexity index is 727. The number of hydrogen-bond donors (Lipinski definition) is 1. The van der Waals surface area contributed by atoms with Crippen LogP contribution < -0.4 is 10.2 Å². The van der Waals surface area contributed by atoms with Crippen LogP contribution in [0.5, 0.6) is 0 Å². The van der Waals surface area contributed by atoms with Crippen LogP contribution in [0.15, 0.2) is 58.9 Å². The second-order valence-electron chi connectivity index (χ2n) is 5.04. The summed E-state index contributed by atoms with van der Waals surface area (Å²) in [6, 6.07) is 13.4. The van der Waals surface area contributed by atoms with Crippen molar-refractivity contribution in [3.05, 3.63) is 65.8 Å². The average Bonchev–Trinajstić information content (AvgIpc) is 3.07. The zero-order valence-corrected chi connectivity index (χ0v) is 13.2. The van der Waals surface area contributed by atoms with Gasteiger partial charge in [0.2, 0.25) is 0 Å². The Morgan fingerprint density at radius 3 is 2.83 bits per heavy atom. The maximum absolute atomic E-state index is 12.1. The van der Waals surface area contributed by atoms with Gasteiger partial charge in [-0.1, -0.05) is 12.1 Å². The van der Waals surface area contributed by atoms with Gasteiger partial charge in [0, 0.05) is 18.4 Å². The summed E-state index contributed by atoms with van der Waals surface area (Å²) < 4.78 is 5.15. The molecule has 0 fully saturated rings. The lowest BCUT2D eigenvalue weighted by Crippen LogP contribution is -2.26. The summed E-state index contributed by atoms with van der Waals surface area (Å²) in [5.74, 6) is 0.219. The molecule has 0 aliphatic carbocycles. The van der Waals surface area contributed by atoms with Gasteiger partial charge < -0.3 is 14.6 Å². The molecule has 1 aromatic carbocycles. The highest BCUT2D eigenvalue weighted by Crippen LogP contribution is 2.17. The summed E-state index contributed by atoms with van der Waals surface area (Å²) in [5.41, 5.74) is 2.12. The number of benzene rings is 1. The van der Waals surface area contributed by atoms with Crippen LogP contribution in [-0.2, 0) is 11.3 Å². The van der Waals surface area contributed by atoms with Crippen LogP contribution >= 0.6 is 0 Å². The predicted octanol–water partition coefficient (Wildman–Crippen LogP) is 3.14. The van der Waals surface area contributed by atoms with Crippen molar-refractivity contribution >= 4 is 11.6 Å². The largest absolute Gasteiger partial charge is 0.467 e. The Hall–Kier alpha value is -3.00. The molecular formula is C18H19N3O2. The van der Waals surface area contributed by atoms with Crippen molar-refractivity contribution in [2.24, 2.45) is 0 Å². The third-order valence-electron chi connectivity index (χ3n) is 3.33. The molecule has 1 aromatic heterocycles. The molecule has 0 aliphatic heterocycles. The van der Waals surface area contributed by atoms with E-state index in [4.69, 9.17) is 4.42 Å². The van der Waals surface area contributed by atoms with Crippen molar-refractivity contribution in [2.45, 2.75) is 20.4 Å².